The first kappa shape index (κ1) is 13.6. The van der Waals surface area contributed by atoms with Crippen molar-refractivity contribution in [1.29, 1.82) is 0 Å². The van der Waals surface area contributed by atoms with Gasteiger partial charge in [-0.05, 0) is 37.6 Å². The summed E-state index contributed by atoms with van der Waals surface area (Å²) in [6, 6.07) is 5.79. The van der Waals surface area contributed by atoms with Crippen LogP contribution in [0.2, 0.25) is 0 Å². The third kappa shape index (κ3) is 2.63. The molecule has 1 N–H and O–H groups in total. The lowest BCUT2D eigenvalue weighted by Crippen LogP contribution is -2.29. The summed E-state index contributed by atoms with van der Waals surface area (Å²) in [5, 5.41) is 1.11. The molecule has 0 fully saturated rings. The summed E-state index contributed by atoms with van der Waals surface area (Å²) in [5.41, 5.74) is 4.14. The molecule has 1 aromatic heterocycles. The number of carbonyl (C=O) groups is 1. The highest BCUT2D eigenvalue weighted by atomic mass is 16.5. The molecule has 0 saturated heterocycles. The molecule has 2 aromatic rings. The van der Waals surface area contributed by atoms with Gasteiger partial charge in [0.05, 0.1) is 6.61 Å². The number of ether oxygens (including phenoxy) is 1. The quantitative estimate of drug-likeness (QED) is 0.918. The molecule has 4 heteroatoms. The number of methoxy groups -OCH3 is 1. The van der Waals surface area contributed by atoms with Crippen LogP contribution in [0.3, 0.4) is 0 Å². The number of aromatic amines is 1. The van der Waals surface area contributed by atoms with Gasteiger partial charge in [-0.3, -0.25) is 4.79 Å². The number of hydrogen-bond donors (Lipinski definition) is 1. The van der Waals surface area contributed by atoms with E-state index in [0.29, 0.717) is 18.7 Å². The van der Waals surface area contributed by atoms with E-state index in [9.17, 15) is 4.79 Å². The Balaban J connectivity index is 2.30. The van der Waals surface area contributed by atoms with Crippen LogP contribution < -0.4 is 0 Å². The fourth-order valence-electron chi connectivity index (χ4n) is 2.14. The minimum absolute atomic E-state index is 0.0252. The predicted molar refractivity (Wildman–Crippen MR) is 76.6 cm³/mol. The second-order valence-corrected chi connectivity index (χ2v) is 4.85. The van der Waals surface area contributed by atoms with Gasteiger partial charge in [0, 0.05) is 42.9 Å². The van der Waals surface area contributed by atoms with E-state index in [1.54, 1.807) is 19.1 Å². The lowest BCUT2D eigenvalue weighted by Gasteiger charge is -2.16. The van der Waals surface area contributed by atoms with E-state index in [0.717, 1.165) is 16.6 Å². The highest BCUT2D eigenvalue weighted by Crippen LogP contribution is 2.22. The van der Waals surface area contributed by atoms with Crippen LogP contribution in [-0.2, 0) is 4.74 Å². The molecule has 0 unspecified atom stereocenters. The monoisotopic (exact) mass is 260 g/mol. The Morgan fingerprint density at radius 3 is 2.79 bits per heavy atom. The van der Waals surface area contributed by atoms with Gasteiger partial charge in [0.25, 0.3) is 5.91 Å². The number of likely N-dealkylation sites (N-methyl/N-ethyl adjacent to an activating group) is 1. The lowest BCUT2D eigenvalue weighted by molar-refractivity contribution is 0.0744. The zero-order valence-electron chi connectivity index (χ0n) is 11.9. The van der Waals surface area contributed by atoms with E-state index < -0.39 is 0 Å². The van der Waals surface area contributed by atoms with Crippen LogP contribution in [0.15, 0.2) is 18.2 Å². The largest absolute Gasteiger partial charge is 0.383 e. The number of aromatic nitrogens is 1. The number of H-pyrrole nitrogens is 1. The van der Waals surface area contributed by atoms with Crippen LogP contribution in [0.1, 0.15) is 21.6 Å². The molecule has 19 heavy (non-hydrogen) atoms. The van der Waals surface area contributed by atoms with E-state index in [1.165, 1.54) is 5.56 Å². The number of benzene rings is 1. The summed E-state index contributed by atoms with van der Waals surface area (Å²) in [6.45, 7) is 5.25. The Bertz CT molecular complexity index is 601. The second-order valence-electron chi connectivity index (χ2n) is 4.85. The molecule has 0 spiro atoms. The zero-order valence-corrected chi connectivity index (χ0v) is 11.9. The Morgan fingerprint density at radius 1 is 1.37 bits per heavy atom. The van der Waals surface area contributed by atoms with Crippen molar-refractivity contribution in [2.45, 2.75) is 13.8 Å². The van der Waals surface area contributed by atoms with Crippen molar-refractivity contribution in [1.82, 2.24) is 9.88 Å². The summed E-state index contributed by atoms with van der Waals surface area (Å²) in [6.07, 6.45) is 0. The maximum Gasteiger partial charge on any atom is 0.253 e. The minimum atomic E-state index is 0.0252. The van der Waals surface area contributed by atoms with Gasteiger partial charge in [-0.1, -0.05) is 0 Å². The molecule has 0 bridgehead atoms. The number of carbonyl (C=O) groups excluding carboxylic acids is 1. The topological polar surface area (TPSA) is 45.3 Å². The van der Waals surface area contributed by atoms with Crippen molar-refractivity contribution in [2.24, 2.45) is 0 Å². The van der Waals surface area contributed by atoms with Crippen molar-refractivity contribution in [3.05, 3.63) is 35.0 Å². The van der Waals surface area contributed by atoms with Crippen molar-refractivity contribution >= 4 is 16.8 Å². The molecule has 0 aliphatic carbocycles. The molecule has 4 nitrogen and oxygen atoms in total. The number of rotatable bonds is 4. The molecule has 0 aliphatic heterocycles. The van der Waals surface area contributed by atoms with Crippen molar-refractivity contribution in [3.8, 4) is 0 Å². The fraction of sp³-hybridized carbons (Fsp3) is 0.400. The van der Waals surface area contributed by atoms with Gasteiger partial charge in [-0.25, -0.2) is 0 Å². The standard InChI is InChI=1S/C15H20N2O2/c1-10-11(2)16-14-6-5-12(9-13(10)14)15(18)17(3)7-8-19-4/h5-6,9,16H,7-8H2,1-4H3. The summed E-state index contributed by atoms with van der Waals surface area (Å²) in [4.78, 5) is 17.3. The van der Waals surface area contributed by atoms with Gasteiger partial charge in [0.2, 0.25) is 0 Å². The maximum atomic E-state index is 12.3. The van der Waals surface area contributed by atoms with Crippen molar-refractivity contribution in [2.75, 3.05) is 27.3 Å². The fourth-order valence-corrected chi connectivity index (χ4v) is 2.14. The Morgan fingerprint density at radius 2 is 2.11 bits per heavy atom. The first-order valence-electron chi connectivity index (χ1n) is 6.38. The normalized spacial score (nSPS) is 10.9. The van der Waals surface area contributed by atoms with Crippen LogP contribution in [0, 0.1) is 13.8 Å². The molecule has 1 heterocycles. The van der Waals surface area contributed by atoms with Gasteiger partial charge >= 0.3 is 0 Å². The summed E-state index contributed by atoms with van der Waals surface area (Å²) in [7, 11) is 3.43. The number of nitrogens with zero attached hydrogens (tertiary/aromatic N) is 1. The Kier molecular flexibility index (Phi) is 3.90. The smallest absolute Gasteiger partial charge is 0.253 e. The van der Waals surface area contributed by atoms with E-state index in [-0.39, 0.29) is 5.91 Å². The highest BCUT2D eigenvalue weighted by molar-refractivity contribution is 5.98. The Labute approximate surface area is 113 Å². The van der Waals surface area contributed by atoms with Gasteiger partial charge in [-0.2, -0.15) is 0 Å². The molecule has 0 atom stereocenters. The van der Waals surface area contributed by atoms with Crippen LogP contribution in [0.4, 0.5) is 0 Å². The SMILES string of the molecule is COCCN(C)C(=O)c1ccc2[nH]c(C)c(C)c2c1. The molecular weight excluding hydrogens is 240 g/mol. The summed E-state index contributed by atoms with van der Waals surface area (Å²) < 4.78 is 4.99. The highest BCUT2D eigenvalue weighted by Gasteiger charge is 2.13. The molecular formula is C15H20N2O2. The van der Waals surface area contributed by atoms with Gasteiger partial charge in [0.15, 0.2) is 0 Å². The average Bonchev–Trinajstić information content (AvgIpc) is 2.70. The average molecular weight is 260 g/mol. The molecule has 1 aromatic carbocycles. The van der Waals surface area contributed by atoms with Gasteiger partial charge < -0.3 is 14.6 Å². The Hall–Kier alpha value is -1.81. The summed E-state index contributed by atoms with van der Waals surface area (Å²) in [5.74, 6) is 0.0252. The van der Waals surface area contributed by atoms with Crippen LogP contribution >= 0.6 is 0 Å². The first-order chi connectivity index (χ1) is 9.04. The summed E-state index contributed by atoms with van der Waals surface area (Å²) >= 11 is 0. The number of amides is 1. The predicted octanol–water partition coefficient (Wildman–Crippen LogP) is 2.50. The van der Waals surface area contributed by atoms with Crippen LogP contribution in [-0.4, -0.2) is 43.1 Å². The zero-order chi connectivity index (χ0) is 14.0. The van der Waals surface area contributed by atoms with E-state index in [1.807, 2.05) is 25.1 Å². The number of fused-ring (bicyclic) bond motifs is 1. The molecule has 0 saturated carbocycles. The molecule has 1 amide bonds. The minimum Gasteiger partial charge on any atom is -0.383 e. The molecule has 102 valence electrons. The van der Waals surface area contributed by atoms with E-state index in [4.69, 9.17) is 4.74 Å². The molecule has 2 rings (SSSR count). The number of aryl methyl sites for hydroxylation is 2. The second kappa shape index (κ2) is 5.45. The van der Waals surface area contributed by atoms with Gasteiger partial charge in [-0.15, -0.1) is 0 Å². The lowest BCUT2D eigenvalue weighted by atomic mass is 10.1. The third-order valence-corrected chi connectivity index (χ3v) is 3.53. The van der Waals surface area contributed by atoms with Crippen molar-refractivity contribution < 1.29 is 9.53 Å². The van der Waals surface area contributed by atoms with E-state index >= 15 is 0 Å². The molecule has 0 aliphatic rings. The van der Waals surface area contributed by atoms with E-state index in [2.05, 4.69) is 11.9 Å². The van der Waals surface area contributed by atoms with Crippen LogP contribution in [0.25, 0.3) is 10.9 Å². The number of nitrogens with one attached hydrogen (secondary N) is 1. The van der Waals surface area contributed by atoms with Crippen LogP contribution in [0.5, 0.6) is 0 Å². The third-order valence-electron chi connectivity index (χ3n) is 3.53. The van der Waals surface area contributed by atoms with Crippen molar-refractivity contribution in [3.63, 3.8) is 0 Å². The molecule has 0 radical (unpaired) electrons. The number of hydrogen-bond acceptors (Lipinski definition) is 2. The first-order valence-corrected chi connectivity index (χ1v) is 6.38. The van der Waals surface area contributed by atoms with Gasteiger partial charge in [0.1, 0.15) is 0 Å². The maximum absolute atomic E-state index is 12.3.